The summed E-state index contributed by atoms with van der Waals surface area (Å²) < 4.78 is 10.7. The Kier molecular flexibility index (Phi) is 3.67. The number of hydrogen-bond donors (Lipinski definition) is 2. The van der Waals surface area contributed by atoms with E-state index in [9.17, 15) is 15.0 Å². The van der Waals surface area contributed by atoms with Crippen LogP contribution in [0.3, 0.4) is 0 Å². The third-order valence-electron chi connectivity index (χ3n) is 6.30. The zero-order valence-corrected chi connectivity index (χ0v) is 14.7. The third kappa shape index (κ3) is 2.37. The summed E-state index contributed by atoms with van der Waals surface area (Å²) in [6, 6.07) is 15.1. The first-order valence-corrected chi connectivity index (χ1v) is 9.18. The number of carbonyl (C=O) groups excluding carboxylic acids is 1. The predicted octanol–water partition coefficient (Wildman–Crippen LogP) is 1.62. The normalized spacial score (nSPS) is 30.7. The van der Waals surface area contributed by atoms with Crippen molar-refractivity contribution >= 4 is 5.91 Å². The molecule has 140 valence electrons. The first-order valence-electron chi connectivity index (χ1n) is 9.18. The summed E-state index contributed by atoms with van der Waals surface area (Å²) in [6.07, 6.45) is -0.655. The van der Waals surface area contributed by atoms with Gasteiger partial charge in [-0.15, -0.1) is 0 Å². The first kappa shape index (κ1) is 16.6. The van der Waals surface area contributed by atoms with Crippen molar-refractivity contribution in [1.29, 1.82) is 0 Å². The smallest absolute Gasteiger partial charge is 0.254 e. The summed E-state index contributed by atoms with van der Waals surface area (Å²) in [7, 11) is 0. The van der Waals surface area contributed by atoms with Crippen LogP contribution in [0.2, 0.25) is 0 Å². The van der Waals surface area contributed by atoms with Gasteiger partial charge in [-0.2, -0.15) is 0 Å². The van der Waals surface area contributed by atoms with Gasteiger partial charge in [0.05, 0.1) is 6.10 Å². The summed E-state index contributed by atoms with van der Waals surface area (Å²) in [4.78, 5) is 14.7. The molecule has 3 aliphatic rings. The van der Waals surface area contributed by atoms with Crippen molar-refractivity contribution in [2.75, 3.05) is 26.5 Å². The monoisotopic (exact) mass is 367 g/mol. The van der Waals surface area contributed by atoms with Gasteiger partial charge in [0, 0.05) is 30.7 Å². The number of amides is 1. The second-order valence-electron chi connectivity index (χ2n) is 7.56. The minimum atomic E-state index is -0.655. The minimum absolute atomic E-state index is 0.00265. The lowest BCUT2D eigenvalue weighted by atomic mass is 9.95. The highest BCUT2D eigenvalue weighted by atomic mass is 16.7. The van der Waals surface area contributed by atoms with Crippen LogP contribution in [0, 0.1) is 11.3 Å². The van der Waals surface area contributed by atoms with E-state index in [0.717, 1.165) is 5.56 Å². The van der Waals surface area contributed by atoms with Gasteiger partial charge in [-0.3, -0.25) is 4.79 Å². The molecule has 1 saturated carbocycles. The maximum absolute atomic E-state index is 13.0. The average molecular weight is 367 g/mol. The molecule has 1 amide bonds. The fourth-order valence-electron chi connectivity index (χ4n) is 4.93. The Hall–Kier alpha value is -2.57. The number of likely N-dealkylation sites (tertiary alicyclic amines) is 1. The molecular formula is C21H21NO5. The van der Waals surface area contributed by atoms with Crippen LogP contribution >= 0.6 is 0 Å². The highest BCUT2D eigenvalue weighted by Gasteiger charge is 2.71. The fourth-order valence-corrected chi connectivity index (χ4v) is 4.93. The molecule has 0 unspecified atom stereocenters. The number of ether oxygens (including phenoxy) is 2. The molecule has 0 bridgehead atoms. The summed E-state index contributed by atoms with van der Waals surface area (Å²) in [5.41, 5.74) is 1.15. The van der Waals surface area contributed by atoms with E-state index >= 15 is 0 Å². The standard InChI is InChI=1S/C21H21NO5/c23-10-15-19(13-4-2-1-3-5-13)21(15)11-22(9-18(21)24)20(25)14-6-7-16-17(8-14)27-12-26-16/h1-8,15,18-19,23-24H,9-12H2/t15-,18-,19-,21-/m1/s1. The number of aliphatic hydroxyl groups excluding tert-OH is 2. The molecule has 1 spiro atoms. The molecule has 6 heteroatoms. The predicted molar refractivity (Wildman–Crippen MR) is 96.7 cm³/mol. The van der Waals surface area contributed by atoms with Crippen LogP contribution in [0.4, 0.5) is 0 Å². The number of hydrogen-bond acceptors (Lipinski definition) is 5. The lowest BCUT2D eigenvalue weighted by molar-refractivity contribution is 0.0763. The third-order valence-corrected chi connectivity index (χ3v) is 6.30. The van der Waals surface area contributed by atoms with Gasteiger partial charge in [-0.25, -0.2) is 0 Å². The first-order chi connectivity index (χ1) is 13.1. The van der Waals surface area contributed by atoms with Gasteiger partial charge in [0.2, 0.25) is 6.79 Å². The number of carbonyl (C=O) groups is 1. The Bertz CT molecular complexity index is 885. The van der Waals surface area contributed by atoms with Gasteiger partial charge in [0.25, 0.3) is 5.91 Å². The van der Waals surface area contributed by atoms with E-state index in [4.69, 9.17) is 9.47 Å². The average Bonchev–Trinajstić information content (AvgIpc) is 2.96. The maximum atomic E-state index is 13.0. The Morgan fingerprint density at radius 2 is 1.93 bits per heavy atom. The van der Waals surface area contributed by atoms with Crippen LogP contribution < -0.4 is 9.47 Å². The van der Waals surface area contributed by atoms with Crippen molar-refractivity contribution in [3.05, 3.63) is 59.7 Å². The Morgan fingerprint density at radius 3 is 2.70 bits per heavy atom. The topological polar surface area (TPSA) is 79.2 Å². The maximum Gasteiger partial charge on any atom is 0.254 e. The molecule has 1 aliphatic carbocycles. The molecule has 6 nitrogen and oxygen atoms in total. The summed E-state index contributed by atoms with van der Waals surface area (Å²) in [5.74, 6) is 1.09. The van der Waals surface area contributed by atoms with Crippen LogP contribution in [-0.4, -0.2) is 53.6 Å². The van der Waals surface area contributed by atoms with Crippen molar-refractivity contribution in [3.63, 3.8) is 0 Å². The second kappa shape index (κ2) is 5.97. The fraction of sp³-hybridized carbons (Fsp3) is 0.381. The lowest BCUT2D eigenvalue weighted by Gasteiger charge is -2.17. The van der Waals surface area contributed by atoms with Crippen molar-refractivity contribution in [3.8, 4) is 11.5 Å². The SMILES string of the molecule is O=C(c1ccc2c(c1)OCO2)N1C[C@@H](O)[C@@]2(C1)[C@H](CO)[C@H]2c1ccccc1. The molecule has 2 heterocycles. The summed E-state index contributed by atoms with van der Waals surface area (Å²) >= 11 is 0. The van der Waals surface area contributed by atoms with E-state index < -0.39 is 11.5 Å². The number of aliphatic hydroxyl groups is 2. The van der Waals surface area contributed by atoms with E-state index in [2.05, 4.69) is 0 Å². The van der Waals surface area contributed by atoms with Gasteiger partial charge < -0.3 is 24.6 Å². The van der Waals surface area contributed by atoms with Gasteiger partial charge in [0.1, 0.15) is 0 Å². The number of fused-ring (bicyclic) bond motifs is 1. The molecule has 2 aliphatic heterocycles. The Balaban J connectivity index is 1.40. The van der Waals surface area contributed by atoms with Gasteiger partial charge in [-0.05, 0) is 35.6 Å². The highest BCUT2D eigenvalue weighted by molar-refractivity contribution is 5.95. The summed E-state index contributed by atoms with van der Waals surface area (Å²) in [6.45, 7) is 0.872. The zero-order valence-electron chi connectivity index (χ0n) is 14.7. The van der Waals surface area contributed by atoms with Gasteiger partial charge in [-0.1, -0.05) is 30.3 Å². The van der Waals surface area contributed by atoms with Crippen LogP contribution in [0.25, 0.3) is 0 Å². The van der Waals surface area contributed by atoms with E-state index in [0.29, 0.717) is 23.6 Å². The van der Waals surface area contributed by atoms with Crippen molar-refractivity contribution in [2.24, 2.45) is 11.3 Å². The number of benzene rings is 2. The molecule has 4 atom stereocenters. The Morgan fingerprint density at radius 1 is 1.15 bits per heavy atom. The molecule has 27 heavy (non-hydrogen) atoms. The van der Waals surface area contributed by atoms with E-state index in [1.807, 2.05) is 30.3 Å². The second-order valence-corrected chi connectivity index (χ2v) is 7.56. The molecule has 5 rings (SSSR count). The van der Waals surface area contributed by atoms with Crippen LogP contribution in [0.1, 0.15) is 21.8 Å². The molecule has 1 saturated heterocycles. The molecule has 2 fully saturated rings. The number of nitrogens with zero attached hydrogens (tertiary/aromatic N) is 1. The van der Waals surface area contributed by atoms with Crippen LogP contribution in [-0.2, 0) is 0 Å². The largest absolute Gasteiger partial charge is 0.454 e. The quantitative estimate of drug-likeness (QED) is 0.862. The molecular weight excluding hydrogens is 346 g/mol. The van der Waals surface area contributed by atoms with E-state index in [1.54, 1.807) is 23.1 Å². The molecule has 0 aromatic heterocycles. The van der Waals surface area contributed by atoms with Crippen molar-refractivity contribution in [1.82, 2.24) is 4.90 Å². The zero-order chi connectivity index (χ0) is 18.6. The summed E-state index contributed by atoms with van der Waals surface area (Å²) in [5, 5.41) is 20.7. The number of β-amino-alcohol motifs (C(OH)–C–C–N with tert-alkyl or cyclic N) is 1. The molecule has 2 N–H and O–H groups in total. The van der Waals surface area contributed by atoms with E-state index in [1.165, 1.54) is 0 Å². The lowest BCUT2D eigenvalue weighted by Crippen LogP contribution is -2.29. The van der Waals surface area contributed by atoms with Gasteiger partial charge >= 0.3 is 0 Å². The van der Waals surface area contributed by atoms with Crippen LogP contribution in [0.15, 0.2) is 48.5 Å². The van der Waals surface area contributed by atoms with E-state index in [-0.39, 0.29) is 37.7 Å². The number of rotatable bonds is 3. The highest BCUT2D eigenvalue weighted by Crippen LogP contribution is 2.68. The van der Waals surface area contributed by atoms with Crippen molar-refractivity contribution < 1.29 is 24.5 Å². The van der Waals surface area contributed by atoms with Crippen LogP contribution in [0.5, 0.6) is 11.5 Å². The molecule has 2 aromatic carbocycles. The molecule has 0 radical (unpaired) electrons. The van der Waals surface area contributed by atoms with Crippen molar-refractivity contribution in [2.45, 2.75) is 12.0 Å². The Labute approximate surface area is 156 Å². The van der Waals surface area contributed by atoms with Gasteiger partial charge in [0.15, 0.2) is 11.5 Å². The molecule has 2 aromatic rings. The minimum Gasteiger partial charge on any atom is -0.454 e.